The van der Waals surface area contributed by atoms with E-state index in [1.165, 1.54) is 10.9 Å². The van der Waals surface area contributed by atoms with Gasteiger partial charge in [-0.15, -0.1) is 0 Å². The summed E-state index contributed by atoms with van der Waals surface area (Å²) in [5, 5.41) is 23.3. The summed E-state index contributed by atoms with van der Waals surface area (Å²) in [5.41, 5.74) is -0.971. The van der Waals surface area contributed by atoms with Crippen LogP contribution < -0.4 is 0 Å². The lowest BCUT2D eigenvalue weighted by atomic mass is 10.0. The molecule has 0 aromatic carbocycles. The van der Waals surface area contributed by atoms with E-state index in [1.54, 1.807) is 0 Å². The third-order valence-electron chi connectivity index (χ3n) is 2.93. The number of nitro groups is 1. The molecule has 2 rings (SSSR count). The molecule has 2 heterocycles. The molecule has 0 atom stereocenters. The summed E-state index contributed by atoms with van der Waals surface area (Å²) in [6.07, 6.45) is 2.89. The van der Waals surface area contributed by atoms with E-state index in [0.717, 1.165) is 12.8 Å². The Morgan fingerprint density at radius 1 is 1.61 bits per heavy atom. The summed E-state index contributed by atoms with van der Waals surface area (Å²) < 4.78 is 6.56. The number of aromatic carboxylic acids is 1. The van der Waals surface area contributed by atoms with Crippen LogP contribution in [0, 0.1) is 16.0 Å². The van der Waals surface area contributed by atoms with Gasteiger partial charge in [0.1, 0.15) is 6.20 Å². The lowest BCUT2D eigenvalue weighted by molar-refractivity contribution is -0.385. The van der Waals surface area contributed by atoms with Crippen molar-refractivity contribution in [3.8, 4) is 0 Å². The first kappa shape index (κ1) is 12.5. The van der Waals surface area contributed by atoms with Gasteiger partial charge in [-0.25, -0.2) is 4.79 Å². The zero-order valence-corrected chi connectivity index (χ0v) is 9.61. The van der Waals surface area contributed by atoms with Crippen LogP contribution in [0.2, 0.25) is 0 Å². The topological polar surface area (TPSA) is 107 Å². The minimum absolute atomic E-state index is 0.319. The highest BCUT2D eigenvalue weighted by atomic mass is 16.6. The Kier molecular flexibility index (Phi) is 3.56. The highest BCUT2D eigenvalue weighted by Gasteiger charge is 2.26. The second-order valence-electron chi connectivity index (χ2n) is 4.20. The SMILES string of the molecule is O=C(O)c1nn(CC2CCOCC2)cc1[N+](=O)[O-]. The maximum atomic E-state index is 10.8. The van der Waals surface area contributed by atoms with Crippen molar-refractivity contribution in [3.63, 3.8) is 0 Å². The maximum Gasteiger partial charge on any atom is 0.363 e. The zero-order valence-electron chi connectivity index (χ0n) is 9.61. The Hall–Kier alpha value is -1.96. The minimum atomic E-state index is -1.38. The van der Waals surface area contributed by atoms with Crippen molar-refractivity contribution < 1.29 is 19.6 Å². The molecule has 18 heavy (non-hydrogen) atoms. The van der Waals surface area contributed by atoms with Crippen LogP contribution in [0.15, 0.2) is 6.20 Å². The number of nitrogens with zero attached hydrogens (tertiary/aromatic N) is 3. The number of ether oxygens (including phenoxy) is 1. The van der Waals surface area contributed by atoms with E-state index >= 15 is 0 Å². The van der Waals surface area contributed by atoms with Crippen LogP contribution in [0.4, 0.5) is 5.69 Å². The molecule has 0 unspecified atom stereocenters. The number of aromatic nitrogens is 2. The minimum Gasteiger partial charge on any atom is -0.476 e. The number of hydrogen-bond acceptors (Lipinski definition) is 5. The molecule has 1 fully saturated rings. The van der Waals surface area contributed by atoms with E-state index in [4.69, 9.17) is 9.84 Å². The Morgan fingerprint density at radius 2 is 2.28 bits per heavy atom. The summed E-state index contributed by atoms with van der Waals surface area (Å²) in [6, 6.07) is 0. The monoisotopic (exact) mass is 255 g/mol. The van der Waals surface area contributed by atoms with E-state index in [0.29, 0.717) is 25.7 Å². The molecule has 0 radical (unpaired) electrons. The van der Waals surface area contributed by atoms with Gasteiger partial charge in [-0.05, 0) is 18.8 Å². The van der Waals surface area contributed by atoms with Crippen molar-refractivity contribution in [1.29, 1.82) is 0 Å². The van der Waals surface area contributed by atoms with Gasteiger partial charge in [0, 0.05) is 19.8 Å². The Balaban J connectivity index is 2.15. The van der Waals surface area contributed by atoms with E-state index in [1.807, 2.05) is 0 Å². The first-order chi connectivity index (χ1) is 8.58. The molecular formula is C10H13N3O5. The second-order valence-corrected chi connectivity index (χ2v) is 4.20. The van der Waals surface area contributed by atoms with Gasteiger partial charge >= 0.3 is 11.7 Å². The van der Waals surface area contributed by atoms with E-state index in [9.17, 15) is 14.9 Å². The van der Waals surface area contributed by atoms with Gasteiger partial charge in [0.15, 0.2) is 0 Å². The molecule has 98 valence electrons. The molecule has 0 amide bonds. The molecule has 0 aliphatic carbocycles. The summed E-state index contributed by atoms with van der Waals surface area (Å²) in [7, 11) is 0. The predicted octanol–water partition coefficient (Wildman–Crippen LogP) is 0.916. The van der Waals surface area contributed by atoms with Crippen LogP contribution in [0.25, 0.3) is 0 Å². The zero-order chi connectivity index (χ0) is 13.1. The second kappa shape index (κ2) is 5.13. The molecule has 1 N–H and O–H groups in total. The maximum absolute atomic E-state index is 10.8. The molecular weight excluding hydrogens is 242 g/mol. The molecule has 1 aromatic rings. The average molecular weight is 255 g/mol. The number of rotatable bonds is 4. The molecule has 0 bridgehead atoms. The van der Waals surface area contributed by atoms with Crippen molar-refractivity contribution in [3.05, 3.63) is 22.0 Å². The highest BCUT2D eigenvalue weighted by Crippen LogP contribution is 2.20. The third-order valence-corrected chi connectivity index (χ3v) is 2.93. The Labute approximate surface area is 102 Å². The Bertz CT molecular complexity index is 433. The number of carboxylic acid groups (broad SMARTS) is 1. The fourth-order valence-electron chi connectivity index (χ4n) is 1.98. The van der Waals surface area contributed by atoms with Crippen LogP contribution in [0.5, 0.6) is 0 Å². The highest BCUT2D eigenvalue weighted by molar-refractivity contribution is 5.89. The smallest absolute Gasteiger partial charge is 0.363 e. The fourth-order valence-corrected chi connectivity index (χ4v) is 1.98. The molecule has 1 aliphatic rings. The molecule has 8 heteroatoms. The average Bonchev–Trinajstić information content (AvgIpc) is 2.74. The third kappa shape index (κ3) is 2.65. The van der Waals surface area contributed by atoms with Gasteiger partial charge in [-0.1, -0.05) is 0 Å². The largest absolute Gasteiger partial charge is 0.476 e. The van der Waals surface area contributed by atoms with Gasteiger partial charge in [0.05, 0.1) is 4.92 Å². The number of carboxylic acids is 1. The van der Waals surface area contributed by atoms with E-state index in [-0.39, 0.29) is 0 Å². The summed E-state index contributed by atoms with van der Waals surface area (Å²) >= 11 is 0. The summed E-state index contributed by atoms with van der Waals surface area (Å²) in [4.78, 5) is 20.8. The first-order valence-corrected chi connectivity index (χ1v) is 5.61. The van der Waals surface area contributed by atoms with Crippen LogP contribution in [-0.2, 0) is 11.3 Å². The molecule has 0 saturated carbocycles. The van der Waals surface area contributed by atoms with Crippen molar-refractivity contribution in [2.75, 3.05) is 13.2 Å². The van der Waals surface area contributed by atoms with Gasteiger partial charge in [0.25, 0.3) is 0 Å². The summed E-state index contributed by atoms with van der Waals surface area (Å²) in [5.74, 6) is -1.06. The van der Waals surface area contributed by atoms with Crippen molar-refractivity contribution in [1.82, 2.24) is 9.78 Å². The molecule has 1 aromatic heterocycles. The van der Waals surface area contributed by atoms with Gasteiger partial charge in [0.2, 0.25) is 5.69 Å². The lowest BCUT2D eigenvalue weighted by Gasteiger charge is -2.21. The Morgan fingerprint density at radius 3 is 2.78 bits per heavy atom. The quantitative estimate of drug-likeness (QED) is 0.633. The van der Waals surface area contributed by atoms with E-state index in [2.05, 4.69) is 5.10 Å². The number of hydrogen-bond donors (Lipinski definition) is 1. The van der Waals surface area contributed by atoms with Crippen LogP contribution in [0.1, 0.15) is 23.3 Å². The van der Waals surface area contributed by atoms with E-state index < -0.39 is 22.3 Å². The lowest BCUT2D eigenvalue weighted by Crippen LogP contribution is -2.20. The standard InChI is InChI=1S/C10H13N3O5/c14-10(15)9-8(13(16)17)6-12(11-9)5-7-1-3-18-4-2-7/h6-7H,1-5H2,(H,14,15). The van der Waals surface area contributed by atoms with Crippen molar-refractivity contribution in [2.24, 2.45) is 5.92 Å². The van der Waals surface area contributed by atoms with Gasteiger partial charge in [-0.3, -0.25) is 14.8 Å². The first-order valence-electron chi connectivity index (χ1n) is 5.61. The van der Waals surface area contributed by atoms with Crippen molar-refractivity contribution >= 4 is 11.7 Å². The predicted molar refractivity (Wildman–Crippen MR) is 59.4 cm³/mol. The van der Waals surface area contributed by atoms with Gasteiger partial charge < -0.3 is 9.84 Å². The summed E-state index contributed by atoms with van der Waals surface area (Å²) in [6.45, 7) is 1.82. The molecule has 0 spiro atoms. The number of carbonyl (C=O) groups is 1. The molecule has 8 nitrogen and oxygen atoms in total. The van der Waals surface area contributed by atoms with Gasteiger partial charge in [-0.2, -0.15) is 5.10 Å². The fraction of sp³-hybridized carbons (Fsp3) is 0.600. The van der Waals surface area contributed by atoms with Crippen LogP contribution in [-0.4, -0.2) is 39.0 Å². The molecule has 1 aliphatic heterocycles. The van der Waals surface area contributed by atoms with Crippen molar-refractivity contribution in [2.45, 2.75) is 19.4 Å². The van der Waals surface area contributed by atoms with Crippen LogP contribution >= 0.6 is 0 Å². The molecule has 1 saturated heterocycles. The van der Waals surface area contributed by atoms with Crippen LogP contribution in [0.3, 0.4) is 0 Å². The normalized spacial score (nSPS) is 16.7.